The highest BCUT2D eigenvalue weighted by atomic mass is 16.5. The molecule has 116 valence electrons. The predicted octanol–water partition coefficient (Wildman–Crippen LogP) is 1.80. The van der Waals surface area contributed by atoms with E-state index in [0.29, 0.717) is 36.2 Å². The van der Waals surface area contributed by atoms with Crippen LogP contribution < -0.4 is 4.74 Å². The first-order chi connectivity index (χ1) is 10.7. The Hall–Kier alpha value is -2.44. The first-order valence-corrected chi connectivity index (χ1v) is 7.27. The summed E-state index contributed by atoms with van der Waals surface area (Å²) >= 11 is 0. The molecule has 0 saturated carbocycles. The summed E-state index contributed by atoms with van der Waals surface area (Å²) in [4.78, 5) is 22.8. The van der Waals surface area contributed by atoms with Crippen molar-refractivity contribution in [3.8, 4) is 5.75 Å². The van der Waals surface area contributed by atoms with E-state index in [9.17, 15) is 4.79 Å². The normalized spacial score (nSPS) is 18.3. The highest BCUT2D eigenvalue weighted by molar-refractivity contribution is 5.92. The molecule has 1 atom stereocenters. The third-order valence-electron chi connectivity index (χ3n) is 3.80. The van der Waals surface area contributed by atoms with Gasteiger partial charge in [0.15, 0.2) is 5.82 Å². The molecule has 0 radical (unpaired) electrons. The molecule has 0 spiro atoms. The summed E-state index contributed by atoms with van der Waals surface area (Å²) in [5, 5.41) is 3.97. The maximum absolute atomic E-state index is 12.6. The number of carbonyl (C=O) groups excluding carboxylic acids is 1. The molecule has 0 unspecified atom stereocenters. The minimum absolute atomic E-state index is 0.0937. The van der Waals surface area contributed by atoms with Gasteiger partial charge in [-0.15, -0.1) is 0 Å². The summed E-state index contributed by atoms with van der Waals surface area (Å²) in [7, 11) is 1.57. The minimum Gasteiger partial charge on any atom is -0.497 e. The van der Waals surface area contributed by atoms with Crippen molar-refractivity contribution in [1.82, 2.24) is 20.0 Å². The van der Waals surface area contributed by atoms with Crippen LogP contribution in [0.1, 0.15) is 41.0 Å². The first-order valence-electron chi connectivity index (χ1n) is 7.27. The molecular formula is C15H18N4O3. The molecule has 1 aliphatic heterocycles. The third kappa shape index (κ3) is 2.93. The average Bonchev–Trinajstić information content (AvgIpc) is 3.01. The van der Waals surface area contributed by atoms with Crippen LogP contribution in [0.25, 0.3) is 0 Å². The van der Waals surface area contributed by atoms with Gasteiger partial charge in [-0.25, -0.2) is 0 Å². The predicted molar refractivity (Wildman–Crippen MR) is 77.7 cm³/mol. The molecule has 1 aliphatic rings. The van der Waals surface area contributed by atoms with E-state index in [4.69, 9.17) is 9.26 Å². The zero-order chi connectivity index (χ0) is 15.5. The van der Waals surface area contributed by atoms with Gasteiger partial charge in [-0.3, -0.25) is 9.78 Å². The molecule has 7 heteroatoms. The number of hydrogen-bond acceptors (Lipinski definition) is 6. The van der Waals surface area contributed by atoms with Crippen LogP contribution in [0.5, 0.6) is 5.75 Å². The van der Waals surface area contributed by atoms with Crippen LogP contribution >= 0.6 is 0 Å². The fourth-order valence-electron chi connectivity index (χ4n) is 2.67. The Labute approximate surface area is 128 Å². The molecule has 0 aromatic carbocycles. The van der Waals surface area contributed by atoms with Crippen molar-refractivity contribution >= 4 is 5.91 Å². The van der Waals surface area contributed by atoms with Crippen LogP contribution in [0.3, 0.4) is 0 Å². The highest BCUT2D eigenvalue weighted by Gasteiger charge is 2.28. The van der Waals surface area contributed by atoms with Crippen molar-refractivity contribution in [1.29, 1.82) is 0 Å². The van der Waals surface area contributed by atoms with E-state index in [2.05, 4.69) is 15.1 Å². The fraction of sp³-hybridized carbons (Fsp3) is 0.467. The number of aryl methyl sites for hydroxylation is 1. The molecule has 2 aromatic rings. The number of ether oxygens (including phenoxy) is 1. The minimum atomic E-state index is -0.0937. The second-order valence-corrected chi connectivity index (χ2v) is 5.34. The standard InChI is InChI=1S/C15H18N4O3/c1-10-17-14(18-22-10)11-4-3-7-19(9-11)15(20)13-8-12(21-2)5-6-16-13/h5-6,8,11H,3-4,7,9H2,1-2H3/t11-/m1/s1. The van der Waals surface area contributed by atoms with Gasteiger partial charge in [0, 0.05) is 38.2 Å². The summed E-state index contributed by atoms with van der Waals surface area (Å²) in [5.41, 5.74) is 0.393. The van der Waals surface area contributed by atoms with Crippen LogP contribution in [-0.2, 0) is 0 Å². The second kappa shape index (κ2) is 6.13. The molecule has 0 bridgehead atoms. The van der Waals surface area contributed by atoms with E-state index < -0.39 is 0 Å². The van der Waals surface area contributed by atoms with Crippen molar-refractivity contribution in [2.75, 3.05) is 20.2 Å². The lowest BCUT2D eigenvalue weighted by Crippen LogP contribution is -2.39. The van der Waals surface area contributed by atoms with Crippen LogP contribution in [0.4, 0.5) is 0 Å². The average molecular weight is 302 g/mol. The molecule has 1 saturated heterocycles. The topological polar surface area (TPSA) is 81.4 Å². The molecule has 22 heavy (non-hydrogen) atoms. The number of amides is 1. The first kappa shape index (κ1) is 14.5. The number of likely N-dealkylation sites (tertiary alicyclic amines) is 1. The number of rotatable bonds is 3. The van der Waals surface area contributed by atoms with Crippen molar-refractivity contribution in [2.24, 2.45) is 0 Å². The van der Waals surface area contributed by atoms with Crippen molar-refractivity contribution in [2.45, 2.75) is 25.7 Å². The Bertz CT molecular complexity index is 670. The number of carbonyl (C=O) groups is 1. The van der Waals surface area contributed by atoms with Crippen LogP contribution in [0.2, 0.25) is 0 Å². The fourth-order valence-corrected chi connectivity index (χ4v) is 2.67. The molecule has 1 fully saturated rings. The lowest BCUT2D eigenvalue weighted by molar-refractivity contribution is 0.0697. The zero-order valence-electron chi connectivity index (χ0n) is 12.7. The summed E-state index contributed by atoms with van der Waals surface area (Å²) in [5.74, 6) is 1.87. The Morgan fingerprint density at radius 3 is 3.09 bits per heavy atom. The number of aromatic nitrogens is 3. The lowest BCUT2D eigenvalue weighted by Gasteiger charge is -2.31. The van der Waals surface area contributed by atoms with Gasteiger partial charge in [0.05, 0.1) is 7.11 Å². The molecule has 2 aromatic heterocycles. The van der Waals surface area contributed by atoms with Crippen LogP contribution in [-0.4, -0.2) is 46.1 Å². The Kier molecular flexibility index (Phi) is 4.04. The van der Waals surface area contributed by atoms with Gasteiger partial charge in [0.25, 0.3) is 5.91 Å². The number of nitrogens with zero attached hydrogens (tertiary/aromatic N) is 4. The molecule has 0 aliphatic carbocycles. The summed E-state index contributed by atoms with van der Waals surface area (Å²) in [6.45, 7) is 3.06. The quantitative estimate of drug-likeness (QED) is 0.860. The van der Waals surface area contributed by atoms with E-state index in [1.165, 1.54) is 0 Å². The van der Waals surface area contributed by atoms with Gasteiger partial charge < -0.3 is 14.2 Å². The Morgan fingerprint density at radius 1 is 1.50 bits per heavy atom. The highest BCUT2D eigenvalue weighted by Crippen LogP contribution is 2.26. The van der Waals surface area contributed by atoms with Crippen molar-refractivity contribution in [3.63, 3.8) is 0 Å². The van der Waals surface area contributed by atoms with E-state index in [1.807, 2.05) is 0 Å². The molecule has 0 N–H and O–H groups in total. The van der Waals surface area contributed by atoms with Gasteiger partial charge >= 0.3 is 0 Å². The maximum atomic E-state index is 12.6. The van der Waals surface area contributed by atoms with E-state index in [-0.39, 0.29) is 11.8 Å². The van der Waals surface area contributed by atoms with Crippen LogP contribution in [0, 0.1) is 6.92 Å². The molecule has 7 nitrogen and oxygen atoms in total. The van der Waals surface area contributed by atoms with E-state index in [1.54, 1.807) is 37.3 Å². The summed E-state index contributed by atoms with van der Waals surface area (Å²) in [6, 6.07) is 3.38. The van der Waals surface area contributed by atoms with Gasteiger partial charge in [-0.2, -0.15) is 4.98 Å². The van der Waals surface area contributed by atoms with Crippen molar-refractivity contribution < 1.29 is 14.1 Å². The number of methoxy groups -OCH3 is 1. The number of pyridine rings is 1. The molecular weight excluding hydrogens is 284 g/mol. The van der Waals surface area contributed by atoms with Gasteiger partial charge in [0.1, 0.15) is 11.4 Å². The number of piperidine rings is 1. The monoisotopic (exact) mass is 302 g/mol. The Balaban J connectivity index is 1.75. The Morgan fingerprint density at radius 2 is 2.36 bits per heavy atom. The van der Waals surface area contributed by atoms with Gasteiger partial charge in [0.2, 0.25) is 5.89 Å². The van der Waals surface area contributed by atoms with Crippen LogP contribution in [0.15, 0.2) is 22.9 Å². The lowest BCUT2D eigenvalue weighted by atomic mass is 9.97. The molecule has 3 heterocycles. The summed E-state index contributed by atoms with van der Waals surface area (Å²) in [6.07, 6.45) is 3.44. The molecule has 1 amide bonds. The maximum Gasteiger partial charge on any atom is 0.272 e. The zero-order valence-corrected chi connectivity index (χ0v) is 12.7. The van der Waals surface area contributed by atoms with E-state index in [0.717, 1.165) is 12.8 Å². The number of hydrogen-bond donors (Lipinski definition) is 0. The molecule has 3 rings (SSSR count). The summed E-state index contributed by atoms with van der Waals surface area (Å²) < 4.78 is 10.2. The second-order valence-electron chi connectivity index (χ2n) is 5.34. The largest absolute Gasteiger partial charge is 0.497 e. The SMILES string of the molecule is COc1ccnc(C(=O)N2CCC[C@@H](c3noc(C)n3)C2)c1. The van der Waals surface area contributed by atoms with Gasteiger partial charge in [-0.05, 0) is 18.9 Å². The smallest absolute Gasteiger partial charge is 0.272 e. The van der Waals surface area contributed by atoms with Crippen molar-refractivity contribution in [3.05, 3.63) is 35.7 Å². The van der Waals surface area contributed by atoms with E-state index >= 15 is 0 Å². The third-order valence-corrected chi connectivity index (χ3v) is 3.80. The van der Waals surface area contributed by atoms with Gasteiger partial charge in [-0.1, -0.05) is 5.16 Å².